The van der Waals surface area contributed by atoms with E-state index in [-0.39, 0.29) is 5.56 Å². The highest BCUT2D eigenvalue weighted by molar-refractivity contribution is 9.11. The van der Waals surface area contributed by atoms with Gasteiger partial charge in [0, 0.05) is 8.95 Å². The maximum absolute atomic E-state index is 10.7. The summed E-state index contributed by atoms with van der Waals surface area (Å²) in [6.07, 6.45) is 0. The number of hydrogen-bond acceptors (Lipinski definition) is 3. The first-order valence-electron chi connectivity index (χ1n) is 3.25. The Kier molecular flexibility index (Phi) is 3.29. The molecule has 13 heavy (non-hydrogen) atoms. The fourth-order valence-corrected chi connectivity index (χ4v) is 2.23. The minimum atomic E-state index is -1.03. The van der Waals surface area contributed by atoms with Crippen LogP contribution in [0.2, 0.25) is 0 Å². The molecule has 0 amide bonds. The molecule has 0 radical (unpaired) electrons. The molecule has 4 N–H and O–H groups in total. The van der Waals surface area contributed by atoms with E-state index < -0.39 is 5.97 Å². The van der Waals surface area contributed by atoms with Gasteiger partial charge in [-0.2, -0.15) is 0 Å². The van der Waals surface area contributed by atoms with Crippen LogP contribution in [-0.4, -0.2) is 11.1 Å². The van der Waals surface area contributed by atoms with Gasteiger partial charge in [0.2, 0.25) is 0 Å². The van der Waals surface area contributed by atoms with Crippen molar-refractivity contribution < 1.29 is 9.90 Å². The Bertz CT molecular complexity index is 355. The highest BCUT2D eigenvalue weighted by Gasteiger charge is 2.13. The van der Waals surface area contributed by atoms with Crippen molar-refractivity contribution in [2.75, 3.05) is 5.43 Å². The summed E-state index contributed by atoms with van der Waals surface area (Å²) in [5, 5.41) is 8.81. The van der Waals surface area contributed by atoms with Gasteiger partial charge in [-0.25, -0.2) is 4.79 Å². The van der Waals surface area contributed by atoms with Crippen LogP contribution in [0.5, 0.6) is 0 Å². The van der Waals surface area contributed by atoms with Crippen LogP contribution in [-0.2, 0) is 0 Å². The van der Waals surface area contributed by atoms with E-state index in [1.165, 1.54) is 6.07 Å². The summed E-state index contributed by atoms with van der Waals surface area (Å²) in [7, 11) is 0. The van der Waals surface area contributed by atoms with Gasteiger partial charge in [0.05, 0.1) is 11.3 Å². The smallest absolute Gasteiger partial charge is 0.337 e. The van der Waals surface area contributed by atoms with Gasteiger partial charge in [0.25, 0.3) is 0 Å². The summed E-state index contributed by atoms with van der Waals surface area (Å²) in [6, 6.07) is 3.18. The molecule has 0 bridgehead atoms. The van der Waals surface area contributed by atoms with Gasteiger partial charge in [0.1, 0.15) is 0 Å². The lowest BCUT2D eigenvalue weighted by Crippen LogP contribution is -2.12. The number of rotatable bonds is 2. The molecule has 0 saturated heterocycles. The van der Waals surface area contributed by atoms with E-state index in [0.717, 1.165) is 0 Å². The lowest BCUT2D eigenvalue weighted by Gasteiger charge is -2.07. The quantitative estimate of drug-likeness (QED) is 0.578. The molecule has 0 aliphatic rings. The van der Waals surface area contributed by atoms with Crippen molar-refractivity contribution in [3.8, 4) is 0 Å². The molecule has 0 aliphatic heterocycles. The van der Waals surface area contributed by atoms with Gasteiger partial charge in [-0.05, 0) is 28.1 Å². The second-order valence-electron chi connectivity index (χ2n) is 2.26. The normalized spacial score (nSPS) is 9.77. The van der Waals surface area contributed by atoms with Crippen LogP contribution in [0.15, 0.2) is 21.1 Å². The molecule has 0 spiro atoms. The van der Waals surface area contributed by atoms with Crippen LogP contribution in [0.4, 0.5) is 5.69 Å². The monoisotopic (exact) mass is 308 g/mol. The number of hydrogen-bond donors (Lipinski definition) is 3. The Labute approximate surface area is 91.3 Å². The Morgan fingerprint density at radius 3 is 2.54 bits per heavy atom. The van der Waals surface area contributed by atoms with E-state index in [1.807, 2.05) is 0 Å². The molecule has 0 atom stereocenters. The molecule has 0 fully saturated rings. The first kappa shape index (κ1) is 10.5. The standard InChI is InChI=1S/C7H6Br2N2O2/c8-3-1-4(7(12)13)6(11-10)5(9)2-3/h1-2,11H,10H2,(H,12,13). The number of halogens is 2. The third-order valence-electron chi connectivity index (χ3n) is 1.43. The Balaban J connectivity index is 3.38. The molecule has 4 nitrogen and oxygen atoms in total. The van der Waals surface area contributed by atoms with Gasteiger partial charge in [-0.15, -0.1) is 0 Å². The average Bonchev–Trinajstić information content (AvgIpc) is 2.02. The van der Waals surface area contributed by atoms with E-state index in [9.17, 15) is 4.79 Å². The van der Waals surface area contributed by atoms with E-state index in [0.29, 0.717) is 14.6 Å². The van der Waals surface area contributed by atoms with Gasteiger partial charge >= 0.3 is 5.97 Å². The second kappa shape index (κ2) is 4.08. The summed E-state index contributed by atoms with van der Waals surface area (Å²) in [5.74, 6) is 4.15. The minimum Gasteiger partial charge on any atom is -0.478 e. The van der Waals surface area contributed by atoms with Gasteiger partial charge in [0.15, 0.2) is 0 Å². The number of hydrazine groups is 1. The van der Waals surface area contributed by atoms with Gasteiger partial charge in [-0.3, -0.25) is 5.84 Å². The molecule has 0 heterocycles. The summed E-state index contributed by atoms with van der Waals surface area (Å²) in [6.45, 7) is 0. The van der Waals surface area contributed by atoms with Crippen LogP contribution in [0.1, 0.15) is 10.4 Å². The number of carboxylic acids is 1. The van der Waals surface area contributed by atoms with Crippen molar-refractivity contribution in [1.29, 1.82) is 0 Å². The SMILES string of the molecule is NNc1c(Br)cc(Br)cc1C(=O)O. The fraction of sp³-hybridized carbons (Fsp3) is 0. The Morgan fingerprint density at radius 1 is 1.46 bits per heavy atom. The topological polar surface area (TPSA) is 75.3 Å². The molecule has 6 heteroatoms. The molecule has 0 aliphatic carbocycles. The number of carboxylic acid groups (broad SMARTS) is 1. The van der Waals surface area contributed by atoms with Crippen LogP contribution in [0, 0.1) is 0 Å². The van der Waals surface area contributed by atoms with E-state index in [4.69, 9.17) is 10.9 Å². The van der Waals surface area contributed by atoms with E-state index in [2.05, 4.69) is 37.3 Å². The number of aromatic carboxylic acids is 1. The third kappa shape index (κ3) is 2.20. The van der Waals surface area contributed by atoms with Gasteiger partial charge in [-0.1, -0.05) is 15.9 Å². The molecule has 1 aromatic carbocycles. The molecule has 1 aromatic rings. The third-order valence-corrected chi connectivity index (χ3v) is 2.51. The van der Waals surface area contributed by atoms with Crippen molar-refractivity contribution in [2.24, 2.45) is 5.84 Å². The summed E-state index contributed by atoms with van der Waals surface area (Å²) >= 11 is 6.37. The molecule has 0 unspecified atom stereocenters. The predicted molar refractivity (Wildman–Crippen MR) is 56.6 cm³/mol. The van der Waals surface area contributed by atoms with Crippen molar-refractivity contribution >= 4 is 43.5 Å². The minimum absolute atomic E-state index is 0.115. The van der Waals surface area contributed by atoms with Gasteiger partial charge < -0.3 is 10.5 Å². The number of nitrogen functional groups attached to an aromatic ring is 1. The number of nitrogens with two attached hydrogens (primary N) is 1. The maximum atomic E-state index is 10.7. The highest BCUT2D eigenvalue weighted by atomic mass is 79.9. The predicted octanol–water partition coefficient (Wildman–Crippen LogP) is 2.20. The molecular weight excluding hydrogens is 304 g/mol. The zero-order valence-corrected chi connectivity index (χ0v) is 9.52. The fourth-order valence-electron chi connectivity index (χ4n) is 0.889. The molecular formula is C7H6Br2N2O2. The lowest BCUT2D eigenvalue weighted by atomic mass is 10.2. The first-order chi connectivity index (χ1) is 6.06. The summed E-state index contributed by atoms with van der Waals surface area (Å²) in [5.41, 5.74) is 2.80. The molecule has 0 saturated carbocycles. The first-order valence-corrected chi connectivity index (χ1v) is 4.84. The summed E-state index contributed by atoms with van der Waals surface area (Å²) < 4.78 is 1.28. The van der Waals surface area contributed by atoms with Crippen LogP contribution >= 0.6 is 31.9 Å². The number of benzene rings is 1. The molecule has 0 aromatic heterocycles. The van der Waals surface area contributed by atoms with Crippen LogP contribution in [0.25, 0.3) is 0 Å². The van der Waals surface area contributed by atoms with Crippen LogP contribution in [0.3, 0.4) is 0 Å². The summed E-state index contributed by atoms with van der Waals surface area (Å²) in [4.78, 5) is 10.7. The van der Waals surface area contributed by atoms with E-state index in [1.54, 1.807) is 6.07 Å². The van der Waals surface area contributed by atoms with Crippen molar-refractivity contribution in [2.45, 2.75) is 0 Å². The Morgan fingerprint density at radius 2 is 2.08 bits per heavy atom. The molecule has 1 rings (SSSR count). The largest absolute Gasteiger partial charge is 0.478 e. The number of carbonyl (C=O) groups is 1. The van der Waals surface area contributed by atoms with Crippen molar-refractivity contribution in [3.05, 3.63) is 26.6 Å². The highest BCUT2D eigenvalue weighted by Crippen LogP contribution is 2.29. The zero-order valence-electron chi connectivity index (χ0n) is 6.34. The van der Waals surface area contributed by atoms with E-state index >= 15 is 0 Å². The van der Waals surface area contributed by atoms with Crippen molar-refractivity contribution in [3.63, 3.8) is 0 Å². The number of nitrogens with one attached hydrogen (secondary N) is 1. The lowest BCUT2D eigenvalue weighted by molar-refractivity contribution is 0.0698. The van der Waals surface area contributed by atoms with Crippen LogP contribution < -0.4 is 11.3 Å². The average molecular weight is 310 g/mol. The molecule has 70 valence electrons. The zero-order chi connectivity index (χ0) is 10.0. The Hall–Kier alpha value is -0.590. The van der Waals surface area contributed by atoms with Crippen molar-refractivity contribution in [1.82, 2.24) is 0 Å². The maximum Gasteiger partial charge on any atom is 0.337 e. The number of anilines is 1. The second-order valence-corrected chi connectivity index (χ2v) is 4.03.